The topological polar surface area (TPSA) is 50.9 Å². The van der Waals surface area contributed by atoms with Crippen LogP contribution in [0.15, 0.2) is 36.5 Å². The van der Waals surface area contributed by atoms with Crippen LogP contribution in [0.25, 0.3) is 0 Å². The van der Waals surface area contributed by atoms with Crippen molar-refractivity contribution in [3.8, 4) is 0 Å². The first-order valence-corrected chi connectivity index (χ1v) is 5.98. The van der Waals surface area contributed by atoms with Crippen LogP contribution in [0.1, 0.15) is 5.56 Å². The zero-order chi connectivity index (χ0) is 11.5. The molecule has 0 fully saturated rings. The molecule has 0 aliphatic heterocycles. The number of benzene rings is 1. The summed E-state index contributed by atoms with van der Waals surface area (Å²) in [5.74, 6) is 0.804. The maximum Gasteiger partial charge on any atom is 0.130 e. The van der Waals surface area contributed by atoms with Crippen molar-refractivity contribution in [2.75, 3.05) is 11.1 Å². The Morgan fingerprint density at radius 3 is 2.69 bits per heavy atom. The Labute approximate surface area is 108 Å². The van der Waals surface area contributed by atoms with E-state index in [-0.39, 0.29) is 0 Å². The van der Waals surface area contributed by atoms with Crippen LogP contribution >= 0.6 is 22.6 Å². The highest BCUT2D eigenvalue weighted by Crippen LogP contribution is 2.21. The van der Waals surface area contributed by atoms with Crippen LogP contribution in [0.2, 0.25) is 0 Å². The second kappa shape index (κ2) is 4.69. The van der Waals surface area contributed by atoms with E-state index in [2.05, 4.69) is 58.0 Å². The maximum atomic E-state index is 5.58. The third kappa shape index (κ3) is 2.63. The Morgan fingerprint density at radius 1 is 1.25 bits per heavy atom. The molecule has 1 heterocycles. The molecule has 2 aromatic rings. The van der Waals surface area contributed by atoms with E-state index in [1.165, 1.54) is 9.13 Å². The van der Waals surface area contributed by atoms with E-state index in [1.807, 2.05) is 12.1 Å². The molecule has 0 radical (unpaired) electrons. The van der Waals surface area contributed by atoms with Gasteiger partial charge in [-0.1, -0.05) is 0 Å². The van der Waals surface area contributed by atoms with Crippen molar-refractivity contribution < 1.29 is 0 Å². The molecule has 4 heteroatoms. The number of anilines is 3. The molecule has 0 aliphatic rings. The average molecular weight is 325 g/mol. The molecule has 0 unspecified atom stereocenters. The molecule has 3 nitrogen and oxygen atoms in total. The summed E-state index contributed by atoms with van der Waals surface area (Å²) in [5, 5.41) is 3.26. The molecule has 0 atom stereocenters. The number of hydrogen-bond acceptors (Lipinski definition) is 3. The van der Waals surface area contributed by atoms with Gasteiger partial charge in [-0.15, -0.1) is 0 Å². The molecule has 0 saturated heterocycles. The van der Waals surface area contributed by atoms with Crippen molar-refractivity contribution >= 4 is 39.8 Å². The minimum absolute atomic E-state index is 0.671. The lowest BCUT2D eigenvalue weighted by Gasteiger charge is -2.09. The third-order valence-corrected chi connectivity index (χ3v) is 2.91. The minimum atomic E-state index is 0.671. The minimum Gasteiger partial charge on any atom is -0.397 e. The number of nitrogens with two attached hydrogens (primary N) is 1. The smallest absolute Gasteiger partial charge is 0.130 e. The molecule has 1 aromatic carbocycles. The van der Waals surface area contributed by atoms with Crippen molar-refractivity contribution in [2.45, 2.75) is 6.92 Å². The third-order valence-electron chi connectivity index (χ3n) is 2.24. The number of nitrogen functional groups attached to an aromatic ring is 1. The van der Waals surface area contributed by atoms with Gasteiger partial charge < -0.3 is 11.1 Å². The van der Waals surface area contributed by atoms with E-state index in [0.29, 0.717) is 5.69 Å². The van der Waals surface area contributed by atoms with Crippen LogP contribution < -0.4 is 11.1 Å². The fourth-order valence-electron chi connectivity index (χ4n) is 1.38. The van der Waals surface area contributed by atoms with Gasteiger partial charge in [0.1, 0.15) is 5.82 Å². The highest BCUT2D eigenvalue weighted by Gasteiger charge is 2.00. The Bertz CT molecular complexity index is 494. The van der Waals surface area contributed by atoms with E-state index in [1.54, 1.807) is 6.20 Å². The van der Waals surface area contributed by atoms with Crippen molar-refractivity contribution in [1.29, 1.82) is 0 Å². The summed E-state index contributed by atoms with van der Waals surface area (Å²) in [6, 6.07) is 9.94. The van der Waals surface area contributed by atoms with Gasteiger partial charge in [0.2, 0.25) is 0 Å². The highest BCUT2D eigenvalue weighted by molar-refractivity contribution is 14.1. The van der Waals surface area contributed by atoms with Gasteiger partial charge in [-0.25, -0.2) is 4.98 Å². The Morgan fingerprint density at radius 2 is 2.06 bits per heavy atom. The molecule has 0 spiro atoms. The summed E-state index contributed by atoms with van der Waals surface area (Å²) in [6.45, 7) is 2.07. The lowest BCUT2D eigenvalue weighted by molar-refractivity contribution is 1.30. The number of nitrogens with zero attached hydrogens (tertiary/aromatic N) is 1. The normalized spacial score (nSPS) is 10.1. The molecule has 0 saturated carbocycles. The highest BCUT2D eigenvalue weighted by atomic mass is 127. The quantitative estimate of drug-likeness (QED) is 0.833. The van der Waals surface area contributed by atoms with Crippen LogP contribution in [0.5, 0.6) is 0 Å². The first-order chi connectivity index (χ1) is 7.65. The summed E-state index contributed by atoms with van der Waals surface area (Å²) in [7, 11) is 0. The summed E-state index contributed by atoms with van der Waals surface area (Å²) in [4.78, 5) is 4.20. The molecule has 0 amide bonds. The molecular weight excluding hydrogens is 313 g/mol. The molecule has 16 heavy (non-hydrogen) atoms. The van der Waals surface area contributed by atoms with Crippen molar-refractivity contribution in [1.82, 2.24) is 4.98 Å². The van der Waals surface area contributed by atoms with Crippen molar-refractivity contribution in [2.24, 2.45) is 0 Å². The Kier molecular flexibility index (Phi) is 3.28. The number of aromatic nitrogens is 1. The summed E-state index contributed by atoms with van der Waals surface area (Å²) in [6.07, 6.45) is 1.64. The lowest BCUT2D eigenvalue weighted by Crippen LogP contribution is -1.96. The molecular formula is C12H12IN3. The molecule has 0 aliphatic carbocycles. The van der Waals surface area contributed by atoms with Gasteiger partial charge in [-0.2, -0.15) is 0 Å². The van der Waals surface area contributed by atoms with Gasteiger partial charge in [0.05, 0.1) is 11.9 Å². The Balaban J connectivity index is 2.23. The fraction of sp³-hybridized carbons (Fsp3) is 0.0833. The fourth-order valence-corrected chi connectivity index (χ4v) is 2.03. The standard InChI is InChI=1S/C12H12IN3/c1-8-6-9(13)2-4-11(8)16-12-5-3-10(14)7-15-12/h2-7H,14H2,1H3,(H,15,16). The van der Waals surface area contributed by atoms with E-state index < -0.39 is 0 Å². The zero-order valence-corrected chi connectivity index (χ0v) is 11.0. The number of rotatable bonds is 2. The van der Waals surface area contributed by atoms with Crippen LogP contribution in [-0.4, -0.2) is 4.98 Å². The SMILES string of the molecule is Cc1cc(I)ccc1Nc1ccc(N)cn1. The second-order valence-electron chi connectivity index (χ2n) is 3.56. The van der Waals surface area contributed by atoms with E-state index >= 15 is 0 Å². The predicted molar refractivity (Wildman–Crippen MR) is 75.8 cm³/mol. The molecule has 0 bridgehead atoms. The van der Waals surface area contributed by atoms with Crippen LogP contribution in [0, 0.1) is 10.5 Å². The zero-order valence-electron chi connectivity index (χ0n) is 8.87. The predicted octanol–water partition coefficient (Wildman–Crippen LogP) is 3.32. The summed E-state index contributed by atoms with van der Waals surface area (Å²) < 4.78 is 1.23. The van der Waals surface area contributed by atoms with Gasteiger partial charge in [-0.3, -0.25) is 0 Å². The van der Waals surface area contributed by atoms with Gasteiger partial charge in [0.25, 0.3) is 0 Å². The van der Waals surface area contributed by atoms with Crippen molar-refractivity contribution in [3.63, 3.8) is 0 Å². The largest absolute Gasteiger partial charge is 0.397 e. The lowest BCUT2D eigenvalue weighted by atomic mass is 10.2. The molecule has 1 aromatic heterocycles. The van der Waals surface area contributed by atoms with Gasteiger partial charge >= 0.3 is 0 Å². The molecule has 2 rings (SSSR count). The van der Waals surface area contributed by atoms with Gasteiger partial charge in [-0.05, 0) is 65.4 Å². The van der Waals surface area contributed by atoms with Gasteiger partial charge in [0, 0.05) is 9.26 Å². The first kappa shape index (κ1) is 11.2. The van der Waals surface area contributed by atoms with E-state index in [9.17, 15) is 0 Å². The van der Waals surface area contributed by atoms with E-state index in [4.69, 9.17) is 5.73 Å². The van der Waals surface area contributed by atoms with Crippen LogP contribution in [0.4, 0.5) is 17.2 Å². The summed E-state index contributed by atoms with van der Waals surface area (Å²) >= 11 is 2.30. The summed E-state index contributed by atoms with van der Waals surface area (Å²) in [5.41, 5.74) is 8.52. The number of hydrogen-bond donors (Lipinski definition) is 2. The molecule has 3 N–H and O–H groups in total. The second-order valence-corrected chi connectivity index (χ2v) is 4.81. The van der Waals surface area contributed by atoms with Crippen LogP contribution in [-0.2, 0) is 0 Å². The number of halogens is 1. The van der Waals surface area contributed by atoms with Crippen molar-refractivity contribution in [3.05, 3.63) is 45.7 Å². The number of nitrogens with one attached hydrogen (secondary N) is 1. The average Bonchev–Trinajstić information content (AvgIpc) is 2.25. The van der Waals surface area contributed by atoms with E-state index in [0.717, 1.165) is 11.5 Å². The monoisotopic (exact) mass is 325 g/mol. The van der Waals surface area contributed by atoms with Crippen LogP contribution in [0.3, 0.4) is 0 Å². The van der Waals surface area contributed by atoms with Gasteiger partial charge in [0.15, 0.2) is 0 Å². The molecule has 82 valence electrons. The first-order valence-electron chi connectivity index (χ1n) is 4.90. The maximum absolute atomic E-state index is 5.58. The number of aryl methyl sites for hydroxylation is 1. The Hall–Kier alpha value is -1.30. The number of pyridine rings is 1.